The minimum atomic E-state index is 0.959. The van der Waals surface area contributed by atoms with Gasteiger partial charge in [-0.25, -0.2) is 4.98 Å². The van der Waals surface area contributed by atoms with E-state index in [0.29, 0.717) is 0 Å². The summed E-state index contributed by atoms with van der Waals surface area (Å²) in [6.07, 6.45) is 3.73. The van der Waals surface area contributed by atoms with Crippen molar-refractivity contribution < 1.29 is 0 Å². The van der Waals surface area contributed by atoms with Gasteiger partial charge in [-0.05, 0) is 29.7 Å². The third kappa shape index (κ3) is 3.21. The lowest BCUT2D eigenvalue weighted by Gasteiger charge is -2.04. The Bertz CT molecular complexity index is 506. The predicted octanol–water partition coefficient (Wildman–Crippen LogP) is 4.33. The Balaban J connectivity index is 2.05. The molecule has 1 aromatic heterocycles. The number of aryl methyl sites for hydroxylation is 1. The second-order valence-corrected chi connectivity index (χ2v) is 4.85. The van der Waals surface area contributed by atoms with E-state index in [2.05, 4.69) is 48.8 Å². The lowest BCUT2D eigenvalue weighted by atomic mass is 10.2. The van der Waals surface area contributed by atoms with Crippen molar-refractivity contribution >= 4 is 17.8 Å². The minimum absolute atomic E-state index is 0.959. The van der Waals surface area contributed by atoms with Crippen LogP contribution in [-0.4, -0.2) is 4.98 Å². The van der Waals surface area contributed by atoms with Crippen LogP contribution in [0.1, 0.15) is 16.7 Å². The molecule has 2 heteroatoms. The molecule has 1 aromatic carbocycles. The van der Waals surface area contributed by atoms with E-state index in [9.17, 15) is 0 Å². The molecule has 0 atom stereocenters. The van der Waals surface area contributed by atoms with Crippen molar-refractivity contribution in [3.05, 3.63) is 65.9 Å². The average Bonchev–Trinajstić information content (AvgIpc) is 2.38. The Morgan fingerprint density at radius 2 is 2.06 bits per heavy atom. The van der Waals surface area contributed by atoms with Crippen molar-refractivity contribution in [2.45, 2.75) is 17.7 Å². The Morgan fingerprint density at radius 3 is 2.71 bits per heavy atom. The number of hydrogen-bond acceptors (Lipinski definition) is 2. The third-order valence-electron chi connectivity index (χ3n) is 2.58. The maximum absolute atomic E-state index is 4.42. The molecule has 1 heterocycles. The first-order chi connectivity index (χ1) is 8.29. The molecule has 0 N–H and O–H groups in total. The van der Waals surface area contributed by atoms with E-state index in [1.54, 1.807) is 11.8 Å². The van der Waals surface area contributed by atoms with Crippen molar-refractivity contribution in [2.75, 3.05) is 0 Å². The molecule has 0 fully saturated rings. The van der Waals surface area contributed by atoms with Crippen molar-refractivity contribution in [1.29, 1.82) is 0 Å². The number of aromatic nitrogens is 1. The number of hydrogen-bond donors (Lipinski definition) is 0. The molecule has 0 unspecified atom stereocenters. The highest BCUT2D eigenvalue weighted by Crippen LogP contribution is 2.22. The Morgan fingerprint density at radius 1 is 1.29 bits per heavy atom. The molecule has 0 aliphatic rings. The summed E-state index contributed by atoms with van der Waals surface area (Å²) in [5.41, 5.74) is 3.66. The van der Waals surface area contributed by atoms with Crippen LogP contribution in [0.25, 0.3) is 6.08 Å². The van der Waals surface area contributed by atoms with Crippen LogP contribution in [0.4, 0.5) is 0 Å². The molecule has 1 nitrogen and oxygen atoms in total. The first-order valence-corrected chi connectivity index (χ1v) is 6.54. The number of pyridine rings is 1. The van der Waals surface area contributed by atoms with Crippen molar-refractivity contribution in [2.24, 2.45) is 0 Å². The van der Waals surface area contributed by atoms with Crippen LogP contribution in [-0.2, 0) is 5.75 Å². The first kappa shape index (κ1) is 11.9. The Kier molecular flexibility index (Phi) is 3.99. The summed E-state index contributed by atoms with van der Waals surface area (Å²) in [5, 5.41) is 1.07. The fourth-order valence-corrected chi connectivity index (χ4v) is 2.46. The van der Waals surface area contributed by atoms with Gasteiger partial charge in [0.25, 0.3) is 0 Å². The fourth-order valence-electron chi connectivity index (χ4n) is 1.56. The summed E-state index contributed by atoms with van der Waals surface area (Å²) >= 11 is 1.76. The summed E-state index contributed by atoms with van der Waals surface area (Å²) in [5.74, 6) is 0.959. The molecule has 2 rings (SSSR count). The lowest BCUT2D eigenvalue weighted by Crippen LogP contribution is -1.87. The molecule has 0 saturated carbocycles. The van der Waals surface area contributed by atoms with Crippen molar-refractivity contribution in [1.82, 2.24) is 4.98 Å². The van der Waals surface area contributed by atoms with Gasteiger partial charge >= 0.3 is 0 Å². The smallest absolute Gasteiger partial charge is 0.0966 e. The predicted molar refractivity (Wildman–Crippen MR) is 75.1 cm³/mol. The van der Waals surface area contributed by atoms with Crippen molar-refractivity contribution in [3.8, 4) is 0 Å². The van der Waals surface area contributed by atoms with Crippen LogP contribution in [0.15, 0.2) is 54.2 Å². The molecule has 0 aliphatic carbocycles. The van der Waals surface area contributed by atoms with Crippen LogP contribution in [0.2, 0.25) is 0 Å². The van der Waals surface area contributed by atoms with E-state index in [1.807, 2.05) is 18.3 Å². The largest absolute Gasteiger partial charge is 0.249 e. The van der Waals surface area contributed by atoms with Crippen molar-refractivity contribution in [3.63, 3.8) is 0 Å². The van der Waals surface area contributed by atoms with E-state index >= 15 is 0 Å². The second-order valence-electron chi connectivity index (χ2n) is 3.86. The zero-order chi connectivity index (χ0) is 12.1. The molecular weight excluding hydrogens is 226 g/mol. The van der Waals surface area contributed by atoms with Gasteiger partial charge in [-0.3, -0.25) is 0 Å². The van der Waals surface area contributed by atoms with E-state index < -0.39 is 0 Å². The zero-order valence-electron chi connectivity index (χ0n) is 9.89. The highest BCUT2D eigenvalue weighted by Gasteiger charge is 2.00. The van der Waals surface area contributed by atoms with Crippen LogP contribution < -0.4 is 0 Å². The van der Waals surface area contributed by atoms with Crippen LogP contribution >= 0.6 is 11.8 Å². The third-order valence-corrected chi connectivity index (χ3v) is 3.57. The summed E-state index contributed by atoms with van der Waals surface area (Å²) in [4.78, 5) is 4.42. The topological polar surface area (TPSA) is 12.9 Å². The number of benzene rings is 1. The minimum Gasteiger partial charge on any atom is -0.249 e. The lowest BCUT2D eigenvalue weighted by molar-refractivity contribution is 1.10. The normalized spacial score (nSPS) is 10.2. The highest BCUT2D eigenvalue weighted by atomic mass is 32.2. The molecule has 0 spiro atoms. The van der Waals surface area contributed by atoms with Gasteiger partial charge in [-0.15, -0.1) is 11.8 Å². The second kappa shape index (κ2) is 5.69. The summed E-state index contributed by atoms with van der Waals surface area (Å²) in [6.45, 7) is 5.86. The van der Waals surface area contributed by atoms with Gasteiger partial charge in [0.2, 0.25) is 0 Å². The van der Waals surface area contributed by atoms with Crippen LogP contribution in [0, 0.1) is 6.92 Å². The number of thioether (sulfide) groups is 1. The van der Waals surface area contributed by atoms with E-state index in [-0.39, 0.29) is 0 Å². The van der Waals surface area contributed by atoms with Gasteiger partial charge in [0.15, 0.2) is 0 Å². The fraction of sp³-hybridized carbons (Fsp3) is 0.133. The number of rotatable bonds is 4. The highest BCUT2D eigenvalue weighted by molar-refractivity contribution is 7.98. The first-order valence-electron chi connectivity index (χ1n) is 5.55. The van der Waals surface area contributed by atoms with Gasteiger partial charge in [0.05, 0.1) is 5.03 Å². The van der Waals surface area contributed by atoms with Gasteiger partial charge in [0, 0.05) is 11.9 Å². The molecule has 0 bridgehead atoms. The van der Waals surface area contributed by atoms with E-state index in [1.165, 1.54) is 11.1 Å². The maximum Gasteiger partial charge on any atom is 0.0966 e. The van der Waals surface area contributed by atoms with Gasteiger partial charge in [-0.2, -0.15) is 0 Å². The molecule has 0 aliphatic heterocycles. The average molecular weight is 241 g/mol. The maximum atomic E-state index is 4.42. The summed E-state index contributed by atoms with van der Waals surface area (Å²) < 4.78 is 0. The van der Waals surface area contributed by atoms with E-state index in [0.717, 1.165) is 16.3 Å². The van der Waals surface area contributed by atoms with E-state index in [4.69, 9.17) is 0 Å². The van der Waals surface area contributed by atoms with Gasteiger partial charge in [0.1, 0.15) is 0 Å². The summed E-state index contributed by atoms with van der Waals surface area (Å²) in [7, 11) is 0. The molecule has 0 radical (unpaired) electrons. The zero-order valence-corrected chi connectivity index (χ0v) is 10.7. The SMILES string of the molecule is C=Cc1cnc(SCc2ccccc2)cc1C. The Hall–Kier alpha value is -1.54. The monoisotopic (exact) mass is 241 g/mol. The molecule has 17 heavy (non-hydrogen) atoms. The molecule has 0 saturated heterocycles. The molecular formula is C15H15NS. The molecule has 86 valence electrons. The standard InChI is InChI=1S/C15H15NS/c1-3-14-10-16-15(9-12(14)2)17-11-13-7-5-4-6-8-13/h3-10H,1,11H2,2H3. The summed E-state index contributed by atoms with van der Waals surface area (Å²) in [6, 6.07) is 12.6. The molecule has 0 amide bonds. The van der Waals surface area contributed by atoms with Gasteiger partial charge in [-0.1, -0.05) is 43.0 Å². The number of nitrogens with zero attached hydrogens (tertiary/aromatic N) is 1. The molecule has 2 aromatic rings. The van der Waals surface area contributed by atoms with Crippen LogP contribution in [0.5, 0.6) is 0 Å². The Labute approximate surface area is 107 Å². The van der Waals surface area contributed by atoms with Gasteiger partial charge < -0.3 is 0 Å². The van der Waals surface area contributed by atoms with Crippen LogP contribution in [0.3, 0.4) is 0 Å². The quantitative estimate of drug-likeness (QED) is 0.739.